The standard InChI is InChI=1S/C13H13ClN2O3S2/c1-8-7-20-12(11(8)14)13(17)16-6-9-2-4-10(5-3-9)21(15,18)19/h2-5,7H,6H2,1H3,(H,16,17)(H2,15,18,19). The number of halogens is 1. The predicted molar refractivity (Wildman–Crippen MR) is 83.1 cm³/mol. The molecule has 8 heteroatoms. The molecule has 0 bridgehead atoms. The lowest BCUT2D eigenvalue weighted by molar-refractivity contribution is 0.0955. The molecule has 3 N–H and O–H groups in total. The first-order valence-electron chi connectivity index (χ1n) is 5.92. The van der Waals surface area contributed by atoms with E-state index in [2.05, 4.69) is 5.32 Å². The van der Waals surface area contributed by atoms with Gasteiger partial charge in [0.2, 0.25) is 10.0 Å². The zero-order valence-electron chi connectivity index (χ0n) is 11.1. The third-order valence-corrected chi connectivity index (χ3v) is 5.44. The lowest BCUT2D eigenvalue weighted by Crippen LogP contribution is -2.22. The van der Waals surface area contributed by atoms with Gasteiger partial charge in [-0.2, -0.15) is 0 Å². The van der Waals surface area contributed by atoms with E-state index in [1.54, 1.807) is 12.1 Å². The molecular formula is C13H13ClN2O3S2. The summed E-state index contributed by atoms with van der Waals surface area (Å²) in [5.41, 5.74) is 1.63. The van der Waals surface area contributed by atoms with Crippen LogP contribution < -0.4 is 10.5 Å². The van der Waals surface area contributed by atoms with Gasteiger partial charge in [-0.15, -0.1) is 11.3 Å². The molecule has 0 aliphatic heterocycles. The van der Waals surface area contributed by atoms with E-state index in [4.69, 9.17) is 16.7 Å². The van der Waals surface area contributed by atoms with Crippen molar-refractivity contribution in [1.82, 2.24) is 5.32 Å². The van der Waals surface area contributed by atoms with E-state index in [1.165, 1.54) is 23.5 Å². The molecule has 0 aliphatic rings. The zero-order chi connectivity index (χ0) is 15.6. The number of rotatable bonds is 4. The molecule has 0 saturated heterocycles. The van der Waals surface area contributed by atoms with E-state index in [0.717, 1.165) is 11.1 Å². The number of thiophene rings is 1. The highest BCUT2D eigenvalue weighted by Gasteiger charge is 2.14. The van der Waals surface area contributed by atoms with Crippen molar-refractivity contribution in [2.45, 2.75) is 18.4 Å². The third kappa shape index (κ3) is 3.82. The predicted octanol–water partition coefficient (Wildman–Crippen LogP) is 2.29. The Morgan fingerprint density at radius 3 is 2.43 bits per heavy atom. The molecule has 112 valence electrons. The highest BCUT2D eigenvalue weighted by molar-refractivity contribution is 7.89. The summed E-state index contributed by atoms with van der Waals surface area (Å²) in [4.78, 5) is 12.5. The number of hydrogen-bond donors (Lipinski definition) is 2. The first-order chi connectivity index (χ1) is 9.79. The van der Waals surface area contributed by atoms with Gasteiger partial charge in [-0.05, 0) is 35.6 Å². The monoisotopic (exact) mass is 344 g/mol. The molecular weight excluding hydrogens is 332 g/mol. The Hall–Kier alpha value is -1.41. The summed E-state index contributed by atoms with van der Waals surface area (Å²) >= 11 is 7.31. The Kier molecular flexibility index (Phi) is 4.67. The molecule has 1 amide bonds. The summed E-state index contributed by atoms with van der Waals surface area (Å²) in [7, 11) is -3.70. The number of hydrogen-bond acceptors (Lipinski definition) is 4. The number of amides is 1. The van der Waals surface area contributed by atoms with E-state index >= 15 is 0 Å². The molecule has 5 nitrogen and oxygen atoms in total. The topological polar surface area (TPSA) is 89.3 Å². The smallest absolute Gasteiger partial charge is 0.263 e. The number of carbonyl (C=O) groups is 1. The number of aryl methyl sites for hydroxylation is 1. The van der Waals surface area contributed by atoms with Gasteiger partial charge < -0.3 is 5.32 Å². The van der Waals surface area contributed by atoms with E-state index in [9.17, 15) is 13.2 Å². The van der Waals surface area contributed by atoms with Crippen molar-refractivity contribution < 1.29 is 13.2 Å². The largest absolute Gasteiger partial charge is 0.347 e. The Morgan fingerprint density at radius 2 is 1.95 bits per heavy atom. The van der Waals surface area contributed by atoms with Crippen LogP contribution in [0.3, 0.4) is 0 Å². The number of benzene rings is 1. The van der Waals surface area contributed by atoms with E-state index < -0.39 is 10.0 Å². The van der Waals surface area contributed by atoms with Gasteiger partial charge in [0.25, 0.3) is 5.91 Å². The average Bonchev–Trinajstić information content (AvgIpc) is 2.76. The van der Waals surface area contributed by atoms with E-state index in [-0.39, 0.29) is 17.3 Å². The van der Waals surface area contributed by atoms with Crippen molar-refractivity contribution in [1.29, 1.82) is 0 Å². The molecule has 0 spiro atoms. The van der Waals surface area contributed by atoms with Crippen LogP contribution in [0.5, 0.6) is 0 Å². The van der Waals surface area contributed by atoms with Crippen LogP contribution >= 0.6 is 22.9 Å². The second-order valence-electron chi connectivity index (χ2n) is 4.43. The Labute approximate surface area is 131 Å². The van der Waals surface area contributed by atoms with Crippen molar-refractivity contribution >= 4 is 38.9 Å². The highest BCUT2D eigenvalue weighted by atomic mass is 35.5. The van der Waals surface area contributed by atoms with Crippen LogP contribution in [0.2, 0.25) is 5.02 Å². The summed E-state index contributed by atoms with van der Waals surface area (Å²) in [6.07, 6.45) is 0. The van der Waals surface area contributed by atoms with E-state index in [0.29, 0.717) is 9.90 Å². The van der Waals surface area contributed by atoms with E-state index in [1.807, 2.05) is 12.3 Å². The summed E-state index contributed by atoms with van der Waals surface area (Å²) in [5.74, 6) is -0.256. The first kappa shape index (κ1) is 16.0. The molecule has 0 atom stereocenters. The average molecular weight is 345 g/mol. The molecule has 0 fully saturated rings. The molecule has 1 heterocycles. The minimum atomic E-state index is -3.70. The second-order valence-corrected chi connectivity index (χ2v) is 7.25. The van der Waals surface area contributed by atoms with Gasteiger partial charge in [0, 0.05) is 6.54 Å². The SMILES string of the molecule is Cc1csc(C(=O)NCc2ccc(S(N)(=O)=O)cc2)c1Cl. The molecule has 0 aliphatic carbocycles. The minimum absolute atomic E-state index is 0.0366. The number of nitrogens with two attached hydrogens (primary N) is 1. The third-order valence-electron chi connectivity index (χ3n) is 2.81. The van der Waals surface area contributed by atoms with Gasteiger partial charge in [-0.25, -0.2) is 13.6 Å². The van der Waals surface area contributed by atoms with Gasteiger partial charge in [0.05, 0.1) is 9.92 Å². The zero-order valence-corrected chi connectivity index (χ0v) is 13.5. The van der Waals surface area contributed by atoms with Crippen LogP contribution in [-0.4, -0.2) is 14.3 Å². The van der Waals surface area contributed by atoms with Gasteiger partial charge in [0.15, 0.2) is 0 Å². The molecule has 1 aromatic carbocycles. The van der Waals surface area contributed by atoms with Crippen LogP contribution in [0.25, 0.3) is 0 Å². The number of carbonyl (C=O) groups excluding carboxylic acids is 1. The normalized spacial score (nSPS) is 11.4. The van der Waals surface area contributed by atoms with Crippen LogP contribution in [0.1, 0.15) is 20.8 Å². The van der Waals surface area contributed by atoms with Crippen LogP contribution in [0, 0.1) is 6.92 Å². The van der Waals surface area contributed by atoms with Crippen LogP contribution in [-0.2, 0) is 16.6 Å². The summed E-state index contributed by atoms with van der Waals surface area (Å²) < 4.78 is 22.3. The summed E-state index contributed by atoms with van der Waals surface area (Å²) in [5, 5.41) is 10.0. The fourth-order valence-electron chi connectivity index (χ4n) is 1.64. The highest BCUT2D eigenvalue weighted by Crippen LogP contribution is 2.26. The van der Waals surface area contributed by atoms with Crippen molar-refractivity contribution in [3.8, 4) is 0 Å². The van der Waals surface area contributed by atoms with Gasteiger partial charge in [0.1, 0.15) is 4.88 Å². The van der Waals surface area contributed by atoms with Gasteiger partial charge in [-0.3, -0.25) is 4.79 Å². The lowest BCUT2D eigenvalue weighted by Gasteiger charge is -2.05. The number of primary sulfonamides is 1. The Morgan fingerprint density at radius 1 is 1.33 bits per heavy atom. The Balaban J connectivity index is 2.03. The number of sulfonamides is 1. The quantitative estimate of drug-likeness (QED) is 0.891. The summed E-state index contributed by atoms with van der Waals surface area (Å²) in [6.45, 7) is 2.11. The molecule has 0 unspecified atom stereocenters. The maximum atomic E-state index is 12.0. The summed E-state index contributed by atoms with van der Waals surface area (Å²) in [6, 6.07) is 6.00. The van der Waals surface area contributed by atoms with Crippen molar-refractivity contribution in [3.63, 3.8) is 0 Å². The number of nitrogens with one attached hydrogen (secondary N) is 1. The lowest BCUT2D eigenvalue weighted by atomic mass is 10.2. The van der Waals surface area contributed by atoms with Crippen LogP contribution in [0.4, 0.5) is 0 Å². The molecule has 21 heavy (non-hydrogen) atoms. The minimum Gasteiger partial charge on any atom is -0.347 e. The Bertz CT molecular complexity index is 767. The molecule has 2 rings (SSSR count). The molecule has 1 aromatic heterocycles. The van der Waals surface area contributed by atoms with Crippen molar-refractivity contribution in [2.24, 2.45) is 5.14 Å². The fraction of sp³-hybridized carbons (Fsp3) is 0.154. The van der Waals surface area contributed by atoms with Gasteiger partial charge in [-0.1, -0.05) is 23.7 Å². The molecule has 2 aromatic rings. The molecule has 0 radical (unpaired) electrons. The maximum Gasteiger partial charge on any atom is 0.263 e. The van der Waals surface area contributed by atoms with Crippen LogP contribution in [0.15, 0.2) is 34.5 Å². The van der Waals surface area contributed by atoms with Gasteiger partial charge >= 0.3 is 0 Å². The second kappa shape index (κ2) is 6.15. The van der Waals surface area contributed by atoms with Crippen molar-refractivity contribution in [3.05, 3.63) is 50.7 Å². The maximum absolute atomic E-state index is 12.0. The first-order valence-corrected chi connectivity index (χ1v) is 8.73. The fourth-order valence-corrected chi connectivity index (χ4v) is 3.35. The van der Waals surface area contributed by atoms with Crippen molar-refractivity contribution in [2.75, 3.05) is 0 Å². The molecule has 0 saturated carbocycles.